The monoisotopic (exact) mass is 285 g/mol. The predicted molar refractivity (Wildman–Crippen MR) is 84.5 cm³/mol. The third-order valence-corrected chi connectivity index (χ3v) is 3.20. The second-order valence-corrected chi connectivity index (χ2v) is 4.98. The predicted octanol–water partition coefficient (Wildman–Crippen LogP) is 3.27. The van der Waals surface area contributed by atoms with Crippen molar-refractivity contribution in [1.29, 1.82) is 0 Å². The van der Waals surface area contributed by atoms with Crippen LogP contribution in [0.5, 0.6) is 5.75 Å². The Morgan fingerprint density at radius 1 is 1.19 bits per heavy atom. The van der Waals surface area contributed by atoms with Crippen molar-refractivity contribution in [2.24, 2.45) is 0 Å². The second kappa shape index (κ2) is 7.74. The van der Waals surface area contributed by atoms with Gasteiger partial charge < -0.3 is 10.1 Å². The fourth-order valence-electron chi connectivity index (χ4n) is 2.18. The van der Waals surface area contributed by atoms with Gasteiger partial charge >= 0.3 is 0 Å². The molecule has 0 fully saturated rings. The van der Waals surface area contributed by atoms with Crippen molar-refractivity contribution in [3.63, 3.8) is 0 Å². The molecule has 0 saturated heterocycles. The molecule has 0 radical (unpaired) electrons. The molecule has 4 heteroatoms. The highest BCUT2D eigenvalue weighted by Crippen LogP contribution is 2.24. The van der Waals surface area contributed by atoms with Gasteiger partial charge in [0.15, 0.2) is 0 Å². The fourth-order valence-corrected chi connectivity index (χ4v) is 2.18. The average molecular weight is 285 g/mol. The molecule has 112 valence electrons. The standard InChI is InChI=1S/C17H23N3O/c1-4-9-18-17(16-12-19-13(3)11-20-16)14-7-6-8-15(10-14)21-5-2/h6-8,10-12,17-18H,4-5,9H2,1-3H3. The van der Waals surface area contributed by atoms with Gasteiger partial charge in [0.1, 0.15) is 5.75 Å². The third-order valence-electron chi connectivity index (χ3n) is 3.20. The maximum atomic E-state index is 5.59. The van der Waals surface area contributed by atoms with Gasteiger partial charge in [0.05, 0.1) is 30.2 Å². The maximum Gasteiger partial charge on any atom is 0.119 e. The van der Waals surface area contributed by atoms with Gasteiger partial charge in [-0.2, -0.15) is 0 Å². The number of aromatic nitrogens is 2. The van der Waals surface area contributed by atoms with Crippen LogP contribution in [0.2, 0.25) is 0 Å². The molecule has 0 saturated carbocycles. The number of hydrogen-bond acceptors (Lipinski definition) is 4. The number of benzene rings is 1. The average Bonchev–Trinajstić information content (AvgIpc) is 2.50. The summed E-state index contributed by atoms with van der Waals surface area (Å²) in [6.45, 7) is 7.69. The number of nitrogens with one attached hydrogen (secondary N) is 1. The Morgan fingerprint density at radius 2 is 2.05 bits per heavy atom. The van der Waals surface area contributed by atoms with Crippen molar-refractivity contribution in [3.05, 3.63) is 53.6 Å². The van der Waals surface area contributed by atoms with E-state index in [2.05, 4.69) is 34.3 Å². The summed E-state index contributed by atoms with van der Waals surface area (Å²) in [7, 11) is 0. The molecule has 1 N–H and O–H groups in total. The normalized spacial score (nSPS) is 12.1. The van der Waals surface area contributed by atoms with Crippen LogP contribution in [0.15, 0.2) is 36.7 Å². The van der Waals surface area contributed by atoms with E-state index in [4.69, 9.17) is 4.74 Å². The topological polar surface area (TPSA) is 47.0 Å². The second-order valence-electron chi connectivity index (χ2n) is 4.98. The number of ether oxygens (including phenoxy) is 1. The third kappa shape index (κ3) is 4.26. The highest BCUT2D eigenvalue weighted by atomic mass is 16.5. The molecule has 0 bridgehead atoms. The summed E-state index contributed by atoms with van der Waals surface area (Å²) < 4.78 is 5.59. The van der Waals surface area contributed by atoms with E-state index in [9.17, 15) is 0 Å². The lowest BCUT2D eigenvalue weighted by atomic mass is 10.0. The fraction of sp³-hybridized carbons (Fsp3) is 0.412. The van der Waals surface area contributed by atoms with Crippen LogP contribution in [-0.4, -0.2) is 23.1 Å². The minimum atomic E-state index is 0.0402. The van der Waals surface area contributed by atoms with E-state index in [1.807, 2.05) is 38.4 Å². The lowest BCUT2D eigenvalue weighted by Crippen LogP contribution is -2.24. The molecule has 4 nitrogen and oxygen atoms in total. The van der Waals surface area contributed by atoms with Crippen LogP contribution in [0.25, 0.3) is 0 Å². The molecule has 0 aliphatic carbocycles. The van der Waals surface area contributed by atoms with Gasteiger partial charge in [-0.1, -0.05) is 19.1 Å². The van der Waals surface area contributed by atoms with Crippen molar-refractivity contribution in [1.82, 2.24) is 15.3 Å². The number of aryl methyl sites for hydroxylation is 1. The Kier molecular flexibility index (Phi) is 5.69. The molecule has 0 aliphatic heterocycles. The summed E-state index contributed by atoms with van der Waals surface area (Å²) in [5.41, 5.74) is 3.01. The maximum absolute atomic E-state index is 5.59. The largest absolute Gasteiger partial charge is 0.494 e. The zero-order valence-corrected chi connectivity index (χ0v) is 13.0. The summed E-state index contributed by atoms with van der Waals surface area (Å²) in [5, 5.41) is 3.53. The van der Waals surface area contributed by atoms with E-state index in [0.717, 1.165) is 35.7 Å². The summed E-state index contributed by atoms with van der Waals surface area (Å²) in [6, 6.07) is 8.20. The van der Waals surface area contributed by atoms with Crippen molar-refractivity contribution >= 4 is 0 Å². The lowest BCUT2D eigenvalue weighted by Gasteiger charge is -2.19. The van der Waals surface area contributed by atoms with Gasteiger partial charge in [-0.3, -0.25) is 9.97 Å². The van der Waals surface area contributed by atoms with Gasteiger partial charge in [0.2, 0.25) is 0 Å². The van der Waals surface area contributed by atoms with E-state index in [1.165, 1.54) is 0 Å². The van der Waals surface area contributed by atoms with Crippen molar-refractivity contribution in [2.75, 3.05) is 13.2 Å². The van der Waals surface area contributed by atoms with E-state index in [-0.39, 0.29) is 6.04 Å². The molecule has 1 heterocycles. The van der Waals surface area contributed by atoms with E-state index in [1.54, 1.807) is 0 Å². The highest BCUT2D eigenvalue weighted by molar-refractivity contribution is 5.34. The Hall–Kier alpha value is -1.94. The van der Waals surface area contributed by atoms with Crippen LogP contribution in [0.1, 0.15) is 43.3 Å². The molecular formula is C17H23N3O. The van der Waals surface area contributed by atoms with Crippen LogP contribution in [0.4, 0.5) is 0 Å². The van der Waals surface area contributed by atoms with Gasteiger partial charge in [0.25, 0.3) is 0 Å². The molecule has 0 aliphatic rings. The molecule has 1 aromatic carbocycles. The SMILES string of the molecule is CCCNC(c1cccc(OCC)c1)c1cnc(C)cn1. The minimum absolute atomic E-state index is 0.0402. The van der Waals surface area contributed by atoms with Gasteiger partial charge in [-0.25, -0.2) is 0 Å². The van der Waals surface area contributed by atoms with Crippen molar-refractivity contribution < 1.29 is 4.74 Å². The first-order valence-electron chi connectivity index (χ1n) is 7.49. The molecule has 1 aromatic heterocycles. The van der Waals surface area contributed by atoms with Crippen LogP contribution < -0.4 is 10.1 Å². The Balaban J connectivity index is 2.30. The van der Waals surface area contributed by atoms with Gasteiger partial charge in [-0.15, -0.1) is 0 Å². The van der Waals surface area contributed by atoms with Crippen LogP contribution in [0.3, 0.4) is 0 Å². The molecule has 1 atom stereocenters. The van der Waals surface area contributed by atoms with Crippen LogP contribution in [-0.2, 0) is 0 Å². The molecule has 1 unspecified atom stereocenters. The summed E-state index contributed by atoms with van der Waals surface area (Å²) in [4.78, 5) is 8.88. The molecular weight excluding hydrogens is 262 g/mol. The summed E-state index contributed by atoms with van der Waals surface area (Å²) in [6.07, 6.45) is 4.72. The molecule has 0 spiro atoms. The number of nitrogens with zero attached hydrogens (tertiary/aromatic N) is 2. The van der Waals surface area contributed by atoms with Gasteiger partial charge in [-0.05, 0) is 44.5 Å². The molecule has 0 amide bonds. The molecule has 2 rings (SSSR count). The first-order valence-corrected chi connectivity index (χ1v) is 7.49. The van der Waals surface area contributed by atoms with Crippen LogP contribution >= 0.6 is 0 Å². The Morgan fingerprint density at radius 3 is 2.71 bits per heavy atom. The quantitative estimate of drug-likeness (QED) is 0.848. The molecule has 2 aromatic rings. The minimum Gasteiger partial charge on any atom is -0.494 e. The van der Waals surface area contributed by atoms with E-state index < -0.39 is 0 Å². The summed E-state index contributed by atoms with van der Waals surface area (Å²) in [5.74, 6) is 0.887. The van der Waals surface area contributed by atoms with E-state index >= 15 is 0 Å². The highest BCUT2D eigenvalue weighted by Gasteiger charge is 2.15. The van der Waals surface area contributed by atoms with Crippen molar-refractivity contribution in [3.8, 4) is 5.75 Å². The first kappa shape index (κ1) is 15.4. The van der Waals surface area contributed by atoms with E-state index in [0.29, 0.717) is 6.61 Å². The Bertz CT molecular complexity index is 554. The number of hydrogen-bond donors (Lipinski definition) is 1. The van der Waals surface area contributed by atoms with Gasteiger partial charge in [0, 0.05) is 6.20 Å². The zero-order valence-electron chi connectivity index (χ0n) is 13.0. The molecule has 21 heavy (non-hydrogen) atoms. The zero-order chi connectivity index (χ0) is 15.1. The smallest absolute Gasteiger partial charge is 0.119 e. The van der Waals surface area contributed by atoms with Crippen LogP contribution in [0, 0.1) is 6.92 Å². The summed E-state index contributed by atoms with van der Waals surface area (Å²) >= 11 is 0. The lowest BCUT2D eigenvalue weighted by molar-refractivity contribution is 0.339. The Labute approximate surface area is 126 Å². The van der Waals surface area contributed by atoms with Crippen molar-refractivity contribution in [2.45, 2.75) is 33.2 Å². The first-order chi connectivity index (χ1) is 10.2. The number of rotatable bonds is 7.